The summed E-state index contributed by atoms with van der Waals surface area (Å²) < 4.78 is 2.55. The topological polar surface area (TPSA) is 32.6 Å². The normalized spacial score (nSPS) is 19.8. The molecule has 232 valence electrons. The van der Waals surface area contributed by atoms with Crippen molar-refractivity contribution in [2.24, 2.45) is 4.99 Å². The van der Waals surface area contributed by atoms with Gasteiger partial charge in [0, 0.05) is 45.8 Å². The first-order chi connectivity index (χ1) is 23.8. The van der Waals surface area contributed by atoms with Crippen molar-refractivity contribution in [3.63, 3.8) is 0 Å². The Balaban J connectivity index is 1.19. The molecule has 2 atom stereocenters. The van der Waals surface area contributed by atoms with E-state index in [-0.39, 0.29) is 12.2 Å². The van der Waals surface area contributed by atoms with Gasteiger partial charge in [-0.25, -0.2) is 0 Å². The Hall–Kier alpha value is -5.61. The molecule has 4 aromatic carbocycles. The van der Waals surface area contributed by atoms with Crippen LogP contribution in [0, 0.1) is 0 Å². The van der Waals surface area contributed by atoms with Crippen molar-refractivity contribution in [2.45, 2.75) is 44.3 Å². The van der Waals surface area contributed by atoms with Crippen molar-refractivity contribution < 1.29 is 0 Å². The van der Waals surface area contributed by atoms with Crippen LogP contribution in [0.5, 0.6) is 0 Å². The Morgan fingerprint density at radius 3 is 2.44 bits per heavy atom. The van der Waals surface area contributed by atoms with E-state index < -0.39 is 0 Å². The summed E-state index contributed by atoms with van der Waals surface area (Å²) >= 11 is 0. The number of aromatic nitrogens is 1. The Kier molecular flexibility index (Phi) is 6.29. The fraction of sp³-hybridized carbons (Fsp3) is 0.159. The maximum Gasteiger partial charge on any atom is 0.129 e. The molecular formula is C44H36N4. The van der Waals surface area contributed by atoms with Gasteiger partial charge < -0.3 is 14.8 Å². The lowest BCUT2D eigenvalue weighted by molar-refractivity contribution is 0.641. The largest absolute Gasteiger partial charge is 0.372 e. The summed E-state index contributed by atoms with van der Waals surface area (Å²) in [5.74, 6) is 0. The molecule has 1 aromatic heterocycles. The van der Waals surface area contributed by atoms with Gasteiger partial charge in [-0.2, -0.15) is 0 Å². The minimum Gasteiger partial charge on any atom is -0.372 e. The number of nitrogens with one attached hydrogen (secondary N) is 1. The Morgan fingerprint density at radius 1 is 0.750 bits per heavy atom. The van der Waals surface area contributed by atoms with Crippen molar-refractivity contribution in [3.8, 4) is 16.9 Å². The number of benzene rings is 4. The summed E-state index contributed by atoms with van der Waals surface area (Å²) in [6.07, 6.45) is 21.3. The monoisotopic (exact) mass is 620 g/mol. The number of hydrogen-bond donors (Lipinski definition) is 1. The smallest absolute Gasteiger partial charge is 0.129 e. The third-order valence-electron chi connectivity index (χ3n) is 10.6. The molecule has 0 fully saturated rings. The summed E-state index contributed by atoms with van der Waals surface area (Å²) in [6, 6.07) is 35.3. The van der Waals surface area contributed by atoms with Crippen molar-refractivity contribution >= 4 is 35.2 Å². The molecule has 4 nitrogen and oxygen atoms in total. The standard InChI is InChI=1S/C44H36N4/c1-3-13-29(14-4-1)36-27-25-30-23-24-31-26-28-40(46-43(31)42(30)45-36)48-38-21-11-8-18-34(38)41-33-17-7-10-20-37(33)47(32-15-5-2-6-16-32)44(41)35-19-9-12-22-39(35)48/h1-9,12-19,22-27,36,40,45H,10-11,20-21,28H2. The first-order valence-corrected chi connectivity index (χ1v) is 17.3. The summed E-state index contributed by atoms with van der Waals surface area (Å²) in [5.41, 5.74) is 15.5. The average molecular weight is 621 g/mol. The molecule has 3 aliphatic heterocycles. The third-order valence-corrected chi connectivity index (χ3v) is 10.6. The molecule has 1 N–H and O–H groups in total. The van der Waals surface area contributed by atoms with Gasteiger partial charge in [-0.3, -0.25) is 4.99 Å². The van der Waals surface area contributed by atoms with Crippen molar-refractivity contribution in [1.29, 1.82) is 0 Å². The van der Waals surface area contributed by atoms with Crippen LogP contribution in [0.25, 0.3) is 40.7 Å². The van der Waals surface area contributed by atoms with Gasteiger partial charge in [-0.15, -0.1) is 0 Å². The van der Waals surface area contributed by atoms with Crippen LogP contribution in [0.3, 0.4) is 0 Å². The fourth-order valence-corrected chi connectivity index (χ4v) is 8.45. The number of rotatable bonds is 3. The summed E-state index contributed by atoms with van der Waals surface area (Å²) in [6.45, 7) is 0. The Bertz CT molecular complexity index is 2350. The van der Waals surface area contributed by atoms with Gasteiger partial charge in [0.15, 0.2) is 0 Å². The van der Waals surface area contributed by atoms with Crippen LogP contribution in [0.2, 0.25) is 0 Å². The van der Waals surface area contributed by atoms with Crippen LogP contribution in [-0.4, -0.2) is 10.7 Å². The maximum atomic E-state index is 5.68. The van der Waals surface area contributed by atoms with E-state index in [1.807, 2.05) is 0 Å². The van der Waals surface area contributed by atoms with Crippen LogP contribution < -0.4 is 20.8 Å². The number of fused-ring (bicyclic) bond motifs is 9. The molecule has 0 saturated heterocycles. The molecule has 48 heavy (non-hydrogen) atoms. The number of anilines is 2. The van der Waals surface area contributed by atoms with Gasteiger partial charge in [0.05, 0.1) is 28.5 Å². The van der Waals surface area contributed by atoms with E-state index in [4.69, 9.17) is 4.99 Å². The predicted octanol–water partition coefficient (Wildman–Crippen LogP) is 8.99. The fourth-order valence-electron chi connectivity index (χ4n) is 8.45. The number of allylic oxidation sites excluding steroid dienone is 5. The summed E-state index contributed by atoms with van der Waals surface area (Å²) in [4.78, 5) is 8.27. The molecule has 0 radical (unpaired) electrons. The van der Waals surface area contributed by atoms with Crippen LogP contribution in [0.15, 0.2) is 132 Å². The highest BCUT2D eigenvalue weighted by atomic mass is 15.3. The quantitative estimate of drug-likeness (QED) is 0.218. The second-order valence-corrected chi connectivity index (χ2v) is 13.3. The molecule has 10 rings (SSSR count). The molecule has 5 aliphatic rings. The molecule has 4 heteroatoms. The van der Waals surface area contributed by atoms with Crippen molar-refractivity contribution in [1.82, 2.24) is 4.57 Å². The van der Waals surface area contributed by atoms with Crippen LogP contribution in [0.4, 0.5) is 11.4 Å². The maximum absolute atomic E-state index is 5.68. The number of hydrogen-bond acceptors (Lipinski definition) is 3. The van der Waals surface area contributed by atoms with E-state index in [1.54, 1.807) is 0 Å². The Morgan fingerprint density at radius 2 is 1.54 bits per heavy atom. The molecule has 0 bridgehead atoms. The third kappa shape index (κ3) is 4.18. The minimum atomic E-state index is -0.0647. The lowest BCUT2D eigenvalue weighted by atomic mass is 9.90. The van der Waals surface area contributed by atoms with E-state index in [1.165, 1.54) is 67.1 Å². The van der Waals surface area contributed by atoms with Gasteiger partial charge in [0.2, 0.25) is 0 Å². The first-order valence-electron chi connectivity index (χ1n) is 17.3. The predicted molar refractivity (Wildman–Crippen MR) is 198 cm³/mol. The van der Waals surface area contributed by atoms with Crippen LogP contribution in [-0.2, 0) is 6.42 Å². The van der Waals surface area contributed by atoms with Gasteiger partial charge in [0.1, 0.15) is 6.17 Å². The van der Waals surface area contributed by atoms with E-state index >= 15 is 0 Å². The summed E-state index contributed by atoms with van der Waals surface area (Å²) in [7, 11) is 0. The van der Waals surface area contributed by atoms with Crippen LogP contribution in [0.1, 0.15) is 59.7 Å². The Labute approximate surface area is 281 Å². The van der Waals surface area contributed by atoms with E-state index in [2.05, 4.69) is 154 Å². The lowest BCUT2D eigenvalue weighted by Crippen LogP contribution is -2.42. The number of nitrogens with zero attached hydrogens (tertiary/aromatic N) is 3. The molecule has 0 saturated carbocycles. The van der Waals surface area contributed by atoms with Gasteiger partial charge in [0.25, 0.3) is 0 Å². The number of para-hydroxylation sites is 2. The molecule has 2 unspecified atom stereocenters. The van der Waals surface area contributed by atoms with Crippen molar-refractivity contribution in [2.75, 3.05) is 10.2 Å². The highest BCUT2D eigenvalue weighted by molar-refractivity contribution is 6.00. The van der Waals surface area contributed by atoms with Crippen molar-refractivity contribution in [3.05, 3.63) is 166 Å². The van der Waals surface area contributed by atoms with Crippen LogP contribution >= 0.6 is 0 Å². The summed E-state index contributed by atoms with van der Waals surface area (Å²) in [5, 5.41) is 6.14. The zero-order valence-electron chi connectivity index (χ0n) is 26.8. The molecular weight excluding hydrogens is 585 g/mol. The highest BCUT2D eigenvalue weighted by Gasteiger charge is 2.36. The zero-order chi connectivity index (χ0) is 31.6. The molecule has 5 aromatic rings. The second kappa shape index (κ2) is 11.0. The lowest BCUT2D eigenvalue weighted by Gasteiger charge is -2.36. The molecule has 0 amide bonds. The second-order valence-electron chi connectivity index (χ2n) is 13.3. The SMILES string of the molecule is C1=CC2=C(CC1)N(C1CC=c3ccc4c(c3=N1)NC(c1ccccc1)C=C4)c1ccccc1-c1c2c2c(n1-c1ccccc1)CCC=C2. The average Bonchev–Trinajstić information content (AvgIpc) is 3.44. The van der Waals surface area contributed by atoms with E-state index in [9.17, 15) is 0 Å². The van der Waals surface area contributed by atoms with Gasteiger partial charge >= 0.3 is 0 Å². The van der Waals surface area contributed by atoms with E-state index in [0.29, 0.717) is 0 Å². The zero-order valence-corrected chi connectivity index (χ0v) is 26.8. The van der Waals surface area contributed by atoms with Gasteiger partial charge in [-0.1, -0.05) is 121 Å². The molecule has 2 aliphatic carbocycles. The highest BCUT2D eigenvalue weighted by Crippen LogP contribution is 2.51. The molecule has 4 heterocycles. The van der Waals surface area contributed by atoms with Gasteiger partial charge in [-0.05, 0) is 60.2 Å². The molecule has 0 spiro atoms. The van der Waals surface area contributed by atoms with E-state index in [0.717, 1.165) is 43.1 Å². The first kappa shape index (κ1) is 27.5. The minimum absolute atomic E-state index is 0.0647.